The van der Waals surface area contributed by atoms with Crippen LogP contribution in [0.2, 0.25) is 5.02 Å². The van der Waals surface area contributed by atoms with Gasteiger partial charge in [0.15, 0.2) is 0 Å². The highest BCUT2D eigenvalue weighted by Crippen LogP contribution is 2.20. The van der Waals surface area contributed by atoms with Gasteiger partial charge in [0.25, 0.3) is 0 Å². The predicted molar refractivity (Wildman–Crippen MR) is 97.6 cm³/mol. The van der Waals surface area contributed by atoms with Gasteiger partial charge in [0.2, 0.25) is 5.91 Å². The zero-order chi connectivity index (χ0) is 16.8. The quantitative estimate of drug-likeness (QED) is 0.680. The molecule has 2 aromatic carbocycles. The number of nitrogens with zero attached hydrogens (tertiary/aromatic N) is 2. The Morgan fingerprint density at radius 1 is 1.17 bits per heavy atom. The van der Waals surface area contributed by atoms with Crippen LogP contribution in [-0.4, -0.2) is 21.2 Å². The lowest BCUT2D eigenvalue weighted by molar-refractivity contribution is -0.118. The third kappa shape index (κ3) is 4.40. The Hall–Kier alpha value is -2.24. The van der Waals surface area contributed by atoms with E-state index in [0.717, 1.165) is 16.1 Å². The Labute approximate surface area is 149 Å². The van der Waals surface area contributed by atoms with E-state index in [1.54, 1.807) is 12.5 Å². The summed E-state index contributed by atoms with van der Waals surface area (Å²) < 4.78 is 1.93. The van der Waals surface area contributed by atoms with E-state index in [-0.39, 0.29) is 5.91 Å². The van der Waals surface area contributed by atoms with Crippen LogP contribution in [0.25, 0.3) is 5.69 Å². The summed E-state index contributed by atoms with van der Waals surface area (Å²) in [6.07, 6.45) is 5.37. The van der Waals surface area contributed by atoms with Gasteiger partial charge in [-0.05, 0) is 35.9 Å². The lowest BCUT2D eigenvalue weighted by Gasteiger charge is -2.11. The molecule has 1 N–H and O–H groups in total. The summed E-state index contributed by atoms with van der Waals surface area (Å²) in [4.78, 5) is 17.2. The van der Waals surface area contributed by atoms with E-state index in [1.807, 2.05) is 59.3 Å². The fourth-order valence-corrected chi connectivity index (χ4v) is 3.09. The molecular weight excluding hydrogens is 342 g/mol. The first kappa shape index (κ1) is 16.6. The highest BCUT2D eigenvalue weighted by Gasteiger charge is 2.07. The van der Waals surface area contributed by atoms with Crippen LogP contribution in [0, 0.1) is 0 Å². The second kappa shape index (κ2) is 8.04. The van der Waals surface area contributed by atoms with Crippen LogP contribution in [0.4, 0.5) is 0 Å². The molecule has 0 spiro atoms. The van der Waals surface area contributed by atoms with Gasteiger partial charge < -0.3 is 9.88 Å². The van der Waals surface area contributed by atoms with Crippen LogP contribution in [0.5, 0.6) is 0 Å². The molecule has 0 atom stereocenters. The number of carbonyl (C=O) groups is 1. The number of amides is 1. The number of imidazole rings is 1. The lowest BCUT2D eigenvalue weighted by atomic mass is 10.1. The van der Waals surface area contributed by atoms with E-state index < -0.39 is 0 Å². The minimum Gasteiger partial charge on any atom is -0.351 e. The van der Waals surface area contributed by atoms with Gasteiger partial charge in [0.05, 0.1) is 17.8 Å². The second-order valence-corrected chi connectivity index (χ2v) is 6.60. The lowest BCUT2D eigenvalue weighted by Crippen LogP contribution is -2.25. The molecule has 3 aromatic rings. The number of hydrogen-bond donors (Lipinski definition) is 1. The van der Waals surface area contributed by atoms with Crippen LogP contribution in [0.1, 0.15) is 5.56 Å². The van der Waals surface area contributed by atoms with Gasteiger partial charge in [-0.3, -0.25) is 4.79 Å². The summed E-state index contributed by atoms with van der Waals surface area (Å²) in [6.45, 7) is 0.481. The molecule has 0 aliphatic carbocycles. The van der Waals surface area contributed by atoms with Gasteiger partial charge >= 0.3 is 0 Å². The smallest absolute Gasteiger partial charge is 0.230 e. The number of para-hydroxylation sites is 1. The topological polar surface area (TPSA) is 46.9 Å². The first-order valence-corrected chi connectivity index (χ1v) is 8.80. The van der Waals surface area contributed by atoms with Crippen molar-refractivity contribution in [3.8, 4) is 5.69 Å². The molecular formula is C18H16ClN3OS. The Balaban J connectivity index is 1.56. The number of aromatic nitrogens is 2. The number of rotatable bonds is 6. The average Bonchev–Trinajstić information content (AvgIpc) is 3.14. The number of benzene rings is 2. The normalized spacial score (nSPS) is 10.5. The molecule has 0 bridgehead atoms. The van der Waals surface area contributed by atoms with Gasteiger partial charge in [-0.2, -0.15) is 0 Å². The van der Waals surface area contributed by atoms with Gasteiger partial charge in [-0.1, -0.05) is 29.8 Å². The van der Waals surface area contributed by atoms with E-state index in [0.29, 0.717) is 17.3 Å². The van der Waals surface area contributed by atoms with Crippen molar-refractivity contribution in [1.29, 1.82) is 0 Å². The maximum Gasteiger partial charge on any atom is 0.230 e. The number of hydrogen-bond acceptors (Lipinski definition) is 3. The summed E-state index contributed by atoms with van der Waals surface area (Å²) in [5.41, 5.74) is 2.06. The van der Waals surface area contributed by atoms with Gasteiger partial charge in [-0.15, -0.1) is 11.8 Å². The largest absolute Gasteiger partial charge is 0.351 e. The van der Waals surface area contributed by atoms with E-state index >= 15 is 0 Å². The highest BCUT2D eigenvalue weighted by molar-refractivity contribution is 8.00. The molecule has 122 valence electrons. The van der Waals surface area contributed by atoms with Gasteiger partial charge in [0.1, 0.15) is 0 Å². The molecule has 0 aliphatic heterocycles. The zero-order valence-electron chi connectivity index (χ0n) is 12.9. The van der Waals surface area contributed by atoms with Gasteiger partial charge in [-0.25, -0.2) is 4.98 Å². The summed E-state index contributed by atoms with van der Waals surface area (Å²) in [5, 5.41) is 3.66. The van der Waals surface area contributed by atoms with E-state index in [1.165, 1.54) is 11.8 Å². The van der Waals surface area contributed by atoms with Crippen molar-refractivity contribution in [3.05, 3.63) is 77.8 Å². The Bertz CT molecular complexity index is 803. The van der Waals surface area contributed by atoms with Crippen molar-refractivity contribution in [2.75, 3.05) is 5.75 Å². The minimum atomic E-state index is -0.00427. The fraction of sp³-hybridized carbons (Fsp3) is 0.111. The second-order valence-electron chi connectivity index (χ2n) is 5.12. The summed E-state index contributed by atoms with van der Waals surface area (Å²) in [7, 11) is 0. The molecule has 0 fully saturated rings. The standard InChI is InChI=1S/C18H16ClN3OS/c19-15-5-7-16(8-6-15)24-12-18(23)21-11-14-3-1-2-4-17(14)22-10-9-20-13-22/h1-10,13H,11-12H2,(H,21,23). The van der Waals surface area contributed by atoms with Crippen molar-refractivity contribution in [2.24, 2.45) is 0 Å². The molecule has 4 nitrogen and oxygen atoms in total. The number of halogens is 1. The molecule has 0 radical (unpaired) electrons. The summed E-state index contributed by atoms with van der Waals surface area (Å²) >= 11 is 7.34. The van der Waals surface area contributed by atoms with Gasteiger partial charge in [0, 0.05) is 28.9 Å². The fourth-order valence-electron chi connectivity index (χ4n) is 2.24. The Morgan fingerprint density at radius 3 is 2.71 bits per heavy atom. The average molecular weight is 358 g/mol. The van der Waals surface area contributed by atoms with Crippen molar-refractivity contribution >= 4 is 29.3 Å². The molecule has 3 rings (SSSR count). The SMILES string of the molecule is O=C(CSc1ccc(Cl)cc1)NCc1ccccc1-n1ccnc1. The van der Waals surface area contributed by atoms with Crippen LogP contribution >= 0.6 is 23.4 Å². The zero-order valence-corrected chi connectivity index (χ0v) is 14.4. The van der Waals surface area contributed by atoms with Crippen LogP contribution in [-0.2, 0) is 11.3 Å². The van der Waals surface area contributed by atoms with Crippen molar-refractivity contribution in [2.45, 2.75) is 11.4 Å². The van der Waals surface area contributed by atoms with Crippen molar-refractivity contribution < 1.29 is 4.79 Å². The molecule has 0 unspecified atom stereocenters. The summed E-state index contributed by atoms with van der Waals surface area (Å²) in [5.74, 6) is 0.366. The Morgan fingerprint density at radius 2 is 1.96 bits per heavy atom. The maximum atomic E-state index is 12.1. The molecule has 0 aliphatic rings. The first-order chi connectivity index (χ1) is 11.7. The maximum absolute atomic E-state index is 12.1. The molecule has 0 saturated carbocycles. The third-order valence-electron chi connectivity index (χ3n) is 3.43. The molecule has 1 amide bonds. The monoisotopic (exact) mass is 357 g/mol. The van der Waals surface area contributed by atoms with Crippen LogP contribution in [0.15, 0.2) is 72.1 Å². The van der Waals surface area contributed by atoms with Crippen LogP contribution in [0.3, 0.4) is 0 Å². The van der Waals surface area contributed by atoms with Crippen LogP contribution < -0.4 is 5.32 Å². The van der Waals surface area contributed by atoms with Crippen molar-refractivity contribution in [3.63, 3.8) is 0 Å². The summed E-state index contributed by atoms with van der Waals surface area (Å²) in [6, 6.07) is 15.4. The molecule has 6 heteroatoms. The Kier molecular flexibility index (Phi) is 5.56. The third-order valence-corrected chi connectivity index (χ3v) is 4.70. The van der Waals surface area contributed by atoms with Crippen molar-refractivity contribution in [1.82, 2.24) is 14.9 Å². The van der Waals surface area contributed by atoms with E-state index in [4.69, 9.17) is 11.6 Å². The highest BCUT2D eigenvalue weighted by atomic mass is 35.5. The predicted octanol–water partition coefficient (Wildman–Crippen LogP) is 3.93. The molecule has 24 heavy (non-hydrogen) atoms. The number of nitrogens with one attached hydrogen (secondary N) is 1. The first-order valence-electron chi connectivity index (χ1n) is 7.44. The van der Waals surface area contributed by atoms with E-state index in [2.05, 4.69) is 10.3 Å². The number of carbonyl (C=O) groups excluding carboxylic acids is 1. The minimum absolute atomic E-state index is 0.00427. The molecule has 1 heterocycles. The molecule has 0 saturated heterocycles. The van der Waals surface area contributed by atoms with E-state index in [9.17, 15) is 4.79 Å². The number of thioether (sulfide) groups is 1. The molecule has 1 aromatic heterocycles.